The van der Waals surface area contributed by atoms with Gasteiger partial charge < -0.3 is 9.64 Å². The van der Waals surface area contributed by atoms with Crippen LogP contribution in [0.1, 0.15) is 36.7 Å². The number of carbonyl (C=O) groups is 1. The van der Waals surface area contributed by atoms with Crippen LogP contribution in [-0.4, -0.2) is 64.7 Å². The van der Waals surface area contributed by atoms with E-state index in [4.69, 9.17) is 4.74 Å². The first-order valence-electron chi connectivity index (χ1n) is 9.40. The van der Waals surface area contributed by atoms with Gasteiger partial charge in [0.25, 0.3) is 5.91 Å². The molecule has 138 valence electrons. The fourth-order valence-electron chi connectivity index (χ4n) is 4.03. The molecule has 0 unspecified atom stereocenters. The standard InChI is InChI=1S/C20H26N4O2/c1-14-6-3-4-9-24(14)16-12-23(13-16)20(25)19-11-18(21-22-19)15-7-5-8-17(10-15)26-2/h5,7-8,10-11,14,16H,3-4,6,9,12-13H2,1-2H3,(H,21,22)/t14-/m1/s1. The summed E-state index contributed by atoms with van der Waals surface area (Å²) in [5.74, 6) is 0.812. The van der Waals surface area contributed by atoms with Crippen molar-refractivity contribution >= 4 is 5.91 Å². The molecular weight excluding hydrogens is 328 g/mol. The number of H-pyrrole nitrogens is 1. The summed E-state index contributed by atoms with van der Waals surface area (Å²) in [6, 6.07) is 10.7. The Bertz CT molecular complexity index is 782. The molecular formula is C20H26N4O2. The molecule has 2 aliphatic heterocycles. The van der Waals surface area contributed by atoms with Crippen molar-refractivity contribution in [3.8, 4) is 17.0 Å². The molecule has 1 aromatic heterocycles. The van der Waals surface area contributed by atoms with E-state index in [9.17, 15) is 4.79 Å². The second-order valence-electron chi connectivity index (χ2n) is 7.35. The summed E-state index contributed by atoms with van der Waals surface area (Å²) in [7, 11) is 1.64. The van der Waals surface area contributed by atoms with Gasteiger partial charge in [0.05, 0.1) is 12.8 Å². The Hall–Kier alpha value is -2.34. The molecule has 6 nitrogen and oxygen atoms in total. The van der Waals surface area contributed by atoms with Crippen molar-refractivity contribution in [2.45, 2.75) is 38.3 Å². The van der Waals surface area contributed by atoms with E-state index in [1.807, 2.05) is 35.2 Å². The van der Waals surface area contributed by atoms with E-state index in [0.29, 0.717) is 17.8 Å². The fraction of sp³-hybridized carbons (Fsp3) is 0.500. The van der Waals surface area contributed by atoms with Crippen molar-refractivity contribution in [2.75, 3.05) is 26.7 Å². The topological polar surface area (TPSA) is 61.5 Å². The first-order valence-corrected chi connectivity index (χ1v) is 9.40. The SMILES string of the molecule is COc1cccc(-c2cc(C(=O)N3CC(N4CCCC[C@H]4C)C3)[nH]n2)c1. The van der Waals surface area contributed by atoms with Gasteiger partial charge in [0.1, 0.15) is 11.4 Å². The highest BCUT2D eigenvalue weighted by Gasteiger charge is 2.38. The zero-order valence-corrected chi connectivity index (χ0v) is 15.4. The number of nitrogens with zero attached hydrogens (tertiary/aromatic N) is 3. The lowest BCUT2D eigenvalue weighted by molar-refractivity contribution is 0.00181. The molecule has 3 heterocycles. The smallest absolute Gasteiger partial charge is 0.271 e. The van der Waals surface area contributed by atoms with E-state index in [1.165, 1.54) is 19.3 Å². The van der Waals surface area contributed by atoms with E-state index in [-0.39, 0.29) is 5.91 Å². The van der Waals surface area contributed by atoms with Crippen molar-refractivity contribution in [3.63, 3.8) is 0 Å². The van der Waals surface area contributed by atoms with Crippen LogP contribution in [0, 0.1) is 0 Å². The Morgan fingerprint density at radius 1 is 1.27 bits per heavy atom. The predicted molar refractivity (Wildman–Crippen MR) is 100 cm³/mol. The number of hydrogen-bond acceptors (Lipinski definition) is 4. The van der Waals surface area contributed by atoms with E-state index in [2.05, 4.69) is 22.0 Å². The van der Waals surface area contributed by atoms with E-state index in [1.54, 1.807) is 7.11 Å². The molecule has 2 fully saturated rings. The van der Waals surface area contributed by atoms with Gasteiger partial charge in [0.15, 0.2) is 0 Å². The quantitative estimate of drug-likeness (QED) is 0.917. The van der Waals surface area contributed by atoms with Crippen LogP contribution in [-0.2, 0) is 0 Å². The number of amides is 1. The molecule has 4 rings (SSSR count). The molecule has 2 aromatic rings. The summed E-state index contributed by atoms with van der Waals surface area (Å²) >= 11 is 0. The average molecular weight is 354 g/mol. The van der Waals surface area contributed by atoms with E-state index in [0.717, 1.165) is 36.6 Å². The fourth-order valence-corrected chi connectivity index (χ4v) is 4.03. The first kappa shape index (κ1) is 17.1. The van der Waals surface area contributed by atoms with Crippen LogP contribution < -0.4 is 4.74 Å². The van der Waals surface area contributed by atoms with E-state index < -0.39 is 0 Å². The summed E-state index contributed by atoms with van der Waals surface area (Å²) in [4.78, 5) is 17.2. The second-order valence-corrected chi connectivity index (χ2v) is 7.35. The molecule has 0 saturated carbocycles. The first-order chi connectivity index (χ1) is 12.7. The highest BCUT2D eigenvalue weighted by molar-refractivity contribution is 5.94. The molecule has 1 amide bonds. The Labute approximate surface area is 154 Å². The van der Waals surface area contributed by atoms with Gasteiger partial charge in [0.2, 0.25) is 0 Å². The normalized spacial score (nSPS) is 21.5. The molecule has 1 aromatic carbocycles. The van der Waals surface area contributed by atoms with Gasteiger partial charge in [-0.05, 0) is 44.5 Å². The van der Waals surface area contributed by atoms with Crippen LogP contribution in [0.4, 0.5) is 0 Å². The number of benzene rings is 1. The summed E-state index contributed by atoms with van der Waals surface area (Å²) in [6.07, 6.45) is 3.88. The number of likely N-dealkylation sites (tertiary alicyclic amines) is 2. The number of piperidine rings is 1. The number of aromatic nitrogens is 2. The number of methoxy groups -OCH3 is 1. The van der Waals surface area contributed by atoms with Crippen molar-refractivity contribution in [3.05, 3.63) is 36.0 Å². The molecule has 0 bridgehead atoms. The zero-order valence-electron chi connectivity index (χ0n) is 15.4. The van der Waals surface area contributed by atoms with Gasteiger partial charge in [-0.25, -0.2) is 0 Å². The van der Waals surface area contributed by atoms with Gasteiger partial charge in [-0.15, -0.1) is 0 Å². The van der Waals surface area contributed by atoms with Gasteiger partial charge >= 0.3 is 0 Å². The molecule has 0 aliphatic carbocycles. The summed E-state index contributed by atoms with van der Waals surface area (Å²) < 4.78 is 5.26. The molecule has 0 radical (unpaired) electrons. The van der Waals surface area contributed by atoms with Gasteiger partial charge in [-0.1, -0.05) is 18.6 Å². The van der Waals surface area contributed by atoms with Crippen molar-refractivity contribution in [2.24, 2.45) is 0 Å². The molecule has 26 heavy (non-hydrogen) atoms. The largest absolute Gasteiger partial charge is 0.497 e. The summed E-state index contributed by atoms with van der Waals surface area (Å²) in [5, 5.41) is 7.20. The Kier molecular flexibility index (Phi) is 4.68. The van der Waals surface area contributed by atoms with Crippen LogP contribution in [0.5, 0.6) is 5.75 Å². The zero-order chi connectivity index (χ0) is 18.1. The Balaban J connectivity index is 1.40. The monoisotopic (exact) mass is 354 g/mol. The number of hydrogen-bond donors (Lipinski definition) is 1. The molecule has 2 aliphatic rings. The van der Waals surface area contributed by atoms with E-state index >= 15 is 0 Å². The van der Waals surface area contributed by atoms with Crippen molar-refractivity contribution in [1.29, 1.82) is 0 Å². The minimum Gasteiger partial charge on any atom is -0.497 e. The predicted octanol–water partition coefficient (Wildman–Crippen LogP) is 2.78. The maximum Gasteiger partial charge on any atom is 0.271 e. The minimum atomic E-state index is 0.0348. The second kappa shape index (κ2) is 7.11. The third-order valence-corrected chi connectivity index (χ3v) is 5.65. The van der Waals surface area contributed by atoms with Crippen LogP contribution in [0.2, 0.25) is 0 Å². The van der Waals surface area contributed by atoms with Gasteiger partial charge in [0, 0.05) is 30.7 Å². The maximum absolute atomic E-state index is 12.7. The number of aromatic amines is 1. The number of nitrogens with one attached hydrogen (secondary N) is 1. The average Bonchev–Trinajstić information content (AvgIpc) is 3.12. The molecule has 1 N–H and O–H groups in total. The Morgan fingerprint density at radius 2 is 2.12 bits per heavy atom. The number of ether oxygens (including phenoxy) is 1. The minimum absolute atomic E-state index is 0.0348. The number of rotatable bonds is 4. The van der Waals surface area contributed by atoms with Crippen molar-refractivity contribution in [1.82, 2.24) is 20.0 Å². The molecule has 1 atom stereocenters. The van der Waals surface area contributed by atoms with Gasteiger partial charge in [-0.2, -0.15) is 5.10 Å². The highest BCUT2D eigenvalue weighted by Crippen LogP contribution is 2.27. The van der Waals surface area contributed by atoms with Crippen LogP contribution >= 0.6 is 0 Å². The molecule has 6 heteroatoms. The van der Waals surface area contributed by atoms with Crippen LogP contribution in [0.15, 0.2) is 30.3 Å². The van der Waals surface area contributed by atoms with Crippen molar-refractivity contribution < 1.29 is 9.53 Å². The van der Waals surface area contributed by atoms with Gasteiger partial charge in [-0.3, -0.25) is 14.8 Å². The third kappa shape index (κ3) is 3.21. The molecule has 0 spiro atoms. The van der Waals surface area contributed by atoms with Crippen LogP contribution in [0.3, 0.4) is 0 Å². The lowest BCUT2D eigenvalue weighted by atomic mass is 9.97. The number of carbonyl (C=O) groups excluding carboxylic acids is 1. The summed E-state index contributed by atoms with van der Waals surface area (Å²) in [5.41, 5.74) is 2.24. The Morgan fingerprint density at radius 3 is 2.88 bits per heavy atom. The summed E-state index contributed by atoms with van der Waals surface area (Å²) in [6.45, 7) is 5.10. The molecule has 2 saturated heterocycles. The lowest BCUT2D eigenvalue weighted by Crippen LogP contribution is -2.63. The lowest BCUT2D eigenvalue weighted by Gasteiger charge is -2.49. The van der Waals surface area contributed by atoms with Crippen LogP contribution in [0.25, 0.3) is 11.3 Å². The maximum atomic E-state index is 12.7. The third-order valence-electron chi connectivity index (χ3n) is 5.65. The highest BCUT2D eigenvalue weighted by atomic mass is 16.5.